The van der Waals surface area contributed by atoms with Gasteiger partial charge in [-0.2, -0.15) is 0 Å². The first kappa shape index (κ1) is 12.1. The van der Waals surface area contributed by atoms with Gasteiger partial charge in [-0.25, -0.2) is 0 Å². The second kappa shape index (κ2) is 4.47. The van der Waals surface area contributed by atoms with Crippen LogP contribution in [0.4, 0.5) is 0 Å². The molecule has 1 saturated heterocycles. The zero-order valence-electron chi connectivity index (χ0n) is 9.89. The number of aliphatic carboxylic acids is 1. The molecule has 1 aliphatic carbocycles. The first-order valence-electron chi connectivity index (χ1n) is 6.06. The van der Waals surface area contributed by atoms with Gasteiger partial charge in [-0.15, -0.1) is 0 Å². The average molecular weight is 239 g/mol. The third-order valence-corrected chi connectivity index (χ3v) is 3.68. The summed E-state index contributed by atoms with van der Waals surface area (Å²) in [5.74, 6) is -1.28. The number of carboxylic acids is 1. The largest absolute Gasteiger partial charge is 0.481 e. The molecule has 3 atom stereocenters. The molecule has 2 aliphatic rings. The molecule has 2 amide bonds. The highest BCUT2D eigenvalue weighted by molar-refractivity contribution is 6.00. The van der Waals surface area contributed by atoms with Crippen molar-refractivity contribution in [3.05, 3.63) is 0 Å². The Balaban J connectivity index is 2.02. The molecule has 0 aromatic rings. The number of fused-ring (bicyclic) bond motifs is 2. The fraction of sp³-hybridized carbons (Fsp3) is 0.750. The predicted molar refractivity (Wildman–Crippen MR) is 59.0 cm³/mol. The summed E-state index contributed by atoms with van der Waals surface area (Å²) >= 11 is 0. The van der Waals surface area contributed by atoms with Crippen molar-refractivity contribution in [1.82, 2.24) is 4.90 Å². The summed E-state index contributed by atoms with van der Waals surface area (Å²) in [6, 6.07) is 0. The molecule has 0 spiro atoms. The van der Waals surface area contributed by atoms with E-state index in [-0.39, 0.29) is 42.5 Å². The molecule has 0 aromatic heterocycles. The molecule has 3 unspecified atom stereocenters. The quantitative estimate of drug-likeness (QED) is 0.739. The number of rotatable bonds is 4. The van der Waals surface area contributed by atoms with Crippen molar-refractivity contribution in [1.29, 1.82) is 0 Å². The minimum Gasteiger partial charge on any atom is -0.481 e. The standard InChI is InChI=1S/C12H17NO4/c1-7(4-10(14)15)6-13-11(16)8-2-3-9(5-8)12(13)17/h7-9H,2-6H2,1H3,(H,14,15). The molecule has 5 nitrogen and oxygen atoms in total. The lowest BCUT2D eigenvalue weighted by atomic mass is 9.95. The molecule has 1 N–H and O–H groups in total. The molecule has 2 rings (SSSR count). The molecule has 5 heteroatoms. The van der Waals surface area contributed by atoms with Crippen LogP contribution >= 0.6 is 0 Å². The van der Waals surface area contributed by atoms with E-state index in [2.05, 4.69) is 0 Å². The van der Waals surface area contributed by atoms with Gasteiger partial charge in [0.15, 0.2) is 0 Å². The maximum atomic E-state index is 12.0. The van der Waals surface area contributed by atoms with Crippen molar-refractivity contribution in [2.45, 2.75) is 32.6 Å². The highest BCUT2D eigenvalue weighted by Gasteiger charge is 2.45. The van der Waals surface area contributed by atoms with E-state index >= 15 is 0 Å². The topological polar surface area (TPSA) is 74.7 Å². The van der Waals surface area contributed by atoms with Crippen molar-refractivity contribution in [3.8, 4) is 0 Å². The number of piperidine rings is 1. The minimum atomic E-state index is -0.891. The van der Waals surface area contributed by atoms with Crippen LogP contribution in [-0.2, 0) is 14.4 Å². The maximum absolute atomic E-state index is 12.0. The molecule has 94 valence electrons. The Morgan fingerprint density at radius 1 is 1.35 bits per heavy atom. The molecule has 2 bridgehead atoms. The van der Waals surface area contributed by atoms with Gasteiger partial charge in [0.1, 0.15) is 0 Å². The number of amides is 2. The minimum absolute atomic E-state index is 0.00488. The summed E-state index contributed by atoms with van der Waals surface area (Å²) in [6.45, 7) is 2.00. The van der Waals surface area contributed by atoms with E-state index in [4.69, 9.17) is 5.11 Å². The first-order chi connectivity index (χ1) is 7.99. The van der Waals surface area contributed by atoms with Crippen LogP contribution in [0, 0.1) is 17.8 Å². The smallest absolute Gasteiger partial charge is 0.303 e. The SMILES string of the molecule is CC(CC(=O)O)CN1C(=O)C2CCC(C2)C1=O. The number of imide groups is 1. The fourth-order valence-corrected chi connectivity index (χ4v) is 2.83. The maximum Gasteiger partial charge on any atom is 0.303 e. The van der Waals surface area contributed by atoms with Gasteiger partial charge in [0.05, 0.1) is 0 Å². The van der Waals surface area contributed by atoms with Gasteiger partial charge in [-0.05, 0) is 25.2 Å². The van der Waals surface area contributed by atoms with E-state index in [9.17, 15) is 14.4 Å². The molecule has 1 aliphatic heterocycles. The summed E-state index contributed by atoms with van der Waals surface area (Å²) in [7, 11) is 0. The lowest BCUT2D eigenvalue weighted by Gasteiger charge is -2.31. The van der Waals surface area contributed by atoms with Gasteiger partial charge in [-0.3, -0.25) is 19.3 Å². The van der Waals surface area contributed by atoms with E-state index in [1.807, 2.05) is 0 Å². The number of carboxylic acid groups (broad SMARTS) is 1. The lowest BCUT2D eigenvalue weighted by molar-refractivity contribution is -0.154. The molecule has 0 aromatic carbocycles. The molecule has 0 radical (unpaired) electrons. The third-order valence-electron chi connectivity index (χ3n) is 3.68. The summed E-state index contributed by atoms with van der Waals surface area (Å²) < 4.78 is 0. The van der Waals surface area contributed by atoms with Gasteiger partial charge < -0.3 is 5.11 Å². The van der Waals surface area contributed by atoms with Gasteiger partial charge in [0.25, 0.3) is 0 Å². The van der Waals surface area contributed by atoms with E-state index in [1.54, 1.807) is 6.92 Å². The second-order valence-electron chi connectivity index (χ2n) is 5.20. The van der Waals surface area contributed by atoms with Crippen LogP contribution in [0.1, 0.15) is 32.6 Å². The number of carbonyl (C=O) groups excluding carboxylic acids is 2. The zero-order valence-corrected chi connectivity index (χ0v) is 9.89. The second-order valence-corrected chi connectivity index (χ2v) is 5.20. The number of nitrogens with zero attached hydrogens (tertiary/aromatic N) is 1. The van der Waals surface area contributed by atoms with Crippen LogP contribution in [0.2, 0.25) is 0 Å². The summed E-state index contributed by atoms with van der Waals surface area (Å²) in [5, 5.41) is 8.67. The van der Waals surface area contributed by atoms with Crippen LogP contribution in [0.3, 0.4) is 0 Å². The Morgan fingerprint density at radius 3 is 2.35 bits per heavy atom. The Bertz CT molecular complexity index is 344. The highest BCUT2D eigenvalue weighted by Crippen LogP contribution is 2.38. The molecule has 1 saturated carbocycles. The Kier molecular flexibility index (Phi) is 3.17. The van der Waals surface area contributed by atoms with Crippen LogP contribution in [0.5, 0.6) is 0 Å². The normalized spacial score (nSPS) is 29.6. The summed E-state index contributed by atoms with van der Waals surface area (Å²) in [5.41, 5.74) is 0. The lowest BCUT2D eigenvalue weighted by Crippen LogP contribution is -2.48. The molecule has 2 fully saturated rings. The molecule has 17 heavy (non-hydrogen) atoms. The van der Waals surface area contributed by atoms with Crippen LogP contribution in [0.25, 0.3) is 0 Å². The van der Waals surface area contributed by atoms with Crippen LogP contribution in [0.15, 0.2) is 0 Å². The summed E-state index contributed by atoms with van der Waals surface area (Å²) in [6.07, 6.45) is 2.30. The molecular weight excluding hydrogens is 222 g/mol. The number of carbonyl (C=O) groups is 3. The van der Waals surface area contributed by atoms with E-state index < -0.39 is 5.97 Å². The monoisotopic (exact) mass is 239 g/mol. The van der Waals surface area contributed by atoms with Crippen molar-refractivity contribution in [2.24, 2.45) is 17.8 Å². The number of hydrogen-bond acceptors (Lipinski definition) is 3. The highest BCUT2D eigenvalue weighted by atomic mass is 16.4. The van der Waals surface area contributed by atoms with Crippen molar-refractivity contribution in [2.75, 3.05) is 6.54 Å². The number of hydrogen-bond donors (Lipinski definition) is 1. The number of likely N-dealkylation sites (tertiary alicyclic amines) is 1. The van der Waals surface area contributed by atoms with Crippen molar-refractivity contribution < 1.29 is 19.5 Å². The van der Waals surface area contributed by atoms with Gasteiger partial charge >= 0.3 is 5.97 Å². The predicted octanol–water partition coefficient (Wildman–Crippen LogP) is 0.882. The molecule has 1 heterocycles. The average Bonchev–Trinajstić information content (AvgIpc) is 2.67. The van der Waals surface area contributed by atoms with E-state index in [0.717, 1.165) is 12.8 Å². The van der Waals surface area contributed by atoms with Gasteiger partial charge in [-0.1, -0.05) is 6.92 Å². The van der Waals surface area contributed by atoms with Crippen molar-refractivity contribution in [3.63, 3.8) is 0 Å². The van der Waals surface area contributed by atoms with Crippen LogP contribution in [-0.4, -0.2) is 34.3 Å². The molecular formula is C12H17NO4. The third kappa shape index (κ3) is 2.33. The van der Waals surface area contributed by atoms with Crippen LogP contribution < -0.4 is 0 Å². The van der Waals surface area contributed by atoms with Crippen molar-refractivity contribution >= 4 is 17.8 Å². The van der Waals surface area contributed by atoms with E-state index in [1.165, 1.54) is 4.90 Å². The summed E-state index contributed by atoms with van der Waals surface area (Å²) in [4.78, 5) is 35.8. The van der Waals surface area contributed by atoms with Gasteiger partial charge in [0, 0.05) is 24.8 Å². The fourth-order valence-electron chi connectivity index (χ4n) is 2.83. The first-order valence-corrected chi connectivity index (χ1v) is 6.06. The zero-order chi connectivity index (χ0) is 12.6. The Hall–Kier alpha value is -1.39. The Labute approximate surface area is 99.8 Å². The van der Waals surface area contributed by atoms with E-state index in [0.29, 0.717) is 6.42 Å². The van der Waals surface area contributed by atoms with Gasteiger partial charge in [0.2, 0.25) is 11.8 Å². The Morgan fingerprint density at radius 2 is 1.88 bits per heavy atom.